The number of nitrogens with zero attached hydrogens (tertiary/aromatic N) is 2. The second kappa shape index (κ2) is 5.44. The number of anilines is 1. The lowest BCUT2D eigenvalue weighted by molar-refractivity contribution is -0.111. The molecule has 0 aliphatic rings. The lowest BCUT2D eigenvalue weighted by Gasteiger charge is -2.09. The molecule has 1 aromatic carbocycles. The van der Waals surface area contributed by atoms with Gasteiger partial charge in [0.15, 0.2) is 5.65 Å². The van der Waals surface area contributed by atoms with Gasteiger partial charge in [0, 0.05) is 28.5 Å². The highest BCUT2D eigenvalue weighted by molar-refractivity contribution is 5.99. The third kappa shape index (κ3) is 2.37. The van der Waals surface area contributed by atoms with Crippen molar-refractivity contribution in [2.24, 2.45) is 0 Å². The van der Waals surface area contributed by atoms with Crippen molar-refractivity contribution in [2.45, 2.75) is 13.8 Å². The molecule has 0 atom stereocenters. The molecule has 0 fully saturated rings. The zero-order valence-electron chi connectivity index (χ0n) is 12.5. The minimum atomic E-state index is -0.229. The first-order valence-corrected chi connectivity index (χ1v) is 6.94. The summed E-state index contributed by atoms with van der Waals surface area (Å²) in [6, 6.07) is 7.66. The van der Waals surface area contributed by atoms with Gasteiger partial charge in [0.1, 0.15) is 0 Å². The number of rotatable bonds is 3. The fraction of sp³-hybridized carbons (Fsp3) is 0.118. The molecule has 5 heteroatoms. The van der Waals surface area contributed by atoms with Gasteiger partial charge in [-0.15, -0.1) is 0 Å². The van der Waals surface area contributed by atoms with Gasteiger partial charge in [-0.2, -0.15) is 5.10 Å². The predicted octanol–water partition coefficient (Wildman–Crippen LogP) is 3.37. The lowest BCUT2D eigenvalue weighted by Crippen LogP contribution is -2.07. The molecule has 5 nitrogen and oxygen atoms in total. The number of aryl methyl sites for hydroxylation is 2. The summed E-state index contributed by atoms with van der Waals surface area (Å²) >= 11 is 0. The van der Waals surface area contributed by atoms with E-state index < -0.39 is 0 Å². The SMILES string of the molecule is C=CC(=O)Nc1cccc(-c2cnc3n[nH]c(C)c3c2C)c1. The van der Waals surface area contributed by atoms with Gasteiger partial charge in [-0.3, -0.25) is 9.89 Å². The third-order valence-electron chi connectivity index (χ3n) is 3.65. The topological polar surface area (TPSA) is 70.7 Å². The molecule has 0 bridgehead atoms. The van der Waals surface area contributed by atoms with Gasteiger partial charge >= 0.3 is 0 Å². The summed E-state index contributed by atoms with van der Waals surface area (Å²) in [7, 11) is 0. The first-order chi connectivity index (χ1) is 10.6. The normalized spacial score (nSPS) is 10.6. The van der Waals surface area contributed by atoms with E-state index in [1.54, 1.807) is 0 Å². The van der Waals surface area contributed by atoms with E-state index in [1.807, 2.05) is 37.4 Å². The summed E-state index contributed by atoms with van der Waals surface area (Å²) in [5.41, 5.74) is 5.57. The summed E-state index contributed by atoms with van der Waals surface area (Å²) < 4.78 is 0. The van der Waals surface area contributed by atoms with Crippen molar-refractivity contribution in [1.82, 2.24) is 15.2 Å². The maximum atomic E-state index is 11.4. The molecule has 0 spiro atoms. The van der Waals surface area contributed by atoms with Gasteiger partial charge in [-0.05, 0) is 43.2 Å². The van der Waals surface area contributed by atoms with E-state index in [4.69, 9.17) is 0 Å². The molecule has 0 aliphatic carbocycles. The number of carbonyl (C=O) groups excluding carboxylic acids is 1. The molecule has 2 N–H and O–H groups in total. The van der Waals surface area contributed by atoms with Crippen LogP contribution in [0.2, 0.25) is 0 Å². The molecular weight excluding hydrogens is 276 g/mol. The minimum absolute atomic E-state index is 0.229. The molecule has 0 aliphatic heterocycles. The Kier molecular flexibility index (Phi) is 3.47. The van der Waals surface area contributed by atoms with Gasteiger partial charge in [0.2, 0.25) is 5.91 Å². The number of amides is 1. The van der Waals surface area contributed by atoms with E-state index in [2.05, 4.69) is 34.0 Å². The first kappa shape index (κ1) is 14.0. The van der Waals surface area contributed by atoms with E-state index in [1.165, 1.54) is 6.08 Å². The van der Waals surface area contributed by atoms with Gasteiger partial charge in [0.25, 0.3) is 0 Å². The summed E-state index contributed by atoms with van der Waals surface area (Å²) in [5, 5.41) is 10.9. The Hall–Kier alpha value is -2.95. The van der Waals surface area contributed by atoms with Crippen molar-refractivity contribution in [3.05, 3.63) is 54.4 Å². The zero-order chi connectivity index (χ0) is 15.7. The number of pyridine rings is 1. The van der Waals surface area contributed by atoms with Crippen LogP contribution in [0.15, 0.2) is 43.1 Å². The van der Waals surface area contributed by atoms with E-state index in [0.29, 0.717) is 0 Å². The molecule has 0 radical (unpaired) electrons. The van der Waals surface area contributed by atoms with Crippen LogP contribution in [0.4, 0.5) is 5.69 Å². The molecule has 3 rings (SSSR count). The fourth-order valence-corrected chi connectivity index (χ4v) is 2.56. The average molecular weight is 292 g/mol. The average Bonchev–Trinajstić information content (AvgIpc) is 2.90. The predicted molar refractivity (Wildman–Crippen MR) is 87.6 cm³/mol. The third-order valence-corrected chi connectivity index (χ3v) is 3.65. The number of aromatic nitrogens is 3. The van der Waals surface area contributed by atoms with Crippen LogP contribution < -0.4 is 5.32 Å². The molecule has 1 amide bonds. The summed E-state index contributed by atoms with van der Waals surface area (Å²) in [4.78, 5) is 15.8. The van der Waals surface area contributed by atoms with Crippen LogP contribution in [-0.4, -0.2) is 21.1 Å². The standard InChI is InChI=1S/C17H16N4O/c1-4-15(22)19-13-7-5-6-12(8-13)14-9-18-17-16(10(14)2)11(3)20-21-17/h4-9H,1H2,2-3H3,(H,19,22)(H,18,20,21). The smallest absolute Gasteiger partial charge is 0.247 e. The first-order valence-electron chi connectivity index (χ1n) is 6.94. The number of carbonyl (C=O) groups is 1. The highest BCUT2D eigenvalue weighted by atomic mass is 16.1. The maximum absolute atomic E-state index is 11.4. The fourth-order valence-electron chi connectivity index (χ4n) is 2.56. The summed E-state index contributed by atoms with van der Waals surface area (Å²) in [6.45, 7) is 7.49. The summed E-state index contributed by atoms with van der Waals surface area (Å²) in [6.07, 6.45) is 3.06. The number of H-pyrrole nitrogens is 1. The highest BCUT2D eigenvalue weighted by Gasteiger charge is 2.11. The molecule has 2 aromatic heterocycles. The van der Waals surface area contributed by atoms with Crippen molar-refractivity contribution in [2.75, 3.05) is 5.32 Å². The zero-order valence-corrected chi connectivity index (χ0v) is 12.5. The van der Waals surface area contributed by atoms with Crippen molar-refractivity contribution < 1.29 is 4.79 Å². The monoisotopic (exact) mass is 292 g/mol. The lowest BCUT2D eigenvalue weighted by atomic mass is 9.99. The van der Waals surface area contributed by atoms with E-state index in [9.17, 15) is 4.79 Å². The second-order valence-corrected chi connectivity index (χ2v) is 5.12. The number of hydrogen-bond acceptors (Lipinski definition) is 3. The number of benzene rings is 1. The molecule has 110 valence electrons. The Morgan fingerprint density at radius 1 is 1.36 bits per heavy atom. The molecule has 3 aromatic rings. The Morgan fingerprint density at radius 2 is 2.18 bits per heavy atom. The molecular formula is C17H16N4O. The van der Waals surface area contributed by atoms with Crippen LogP contribution in [0, 0.1) is 13.8 Å². The summed E-state index contributed by atoms with van der Waals surface area (Å²) in [5.74, 6) is -0.229. The van der Waals surface area contributed by atoms with E-state index in [-0.39, 0.29) is 5.91 Å². The highest BCUT2D eigenvalue weighted by Crippen LogP contribution is 2.30. The van der Waals surface area contributed by atoms with Crippen molar-refractivity contribution in [3.63, 3.8) is 0 Å². The van der Waals surface area contributed by atoms with Crippen LogP contribution >= 0.6 is 0 Å². The number of nitrogens with one attached hydrogen (secondary N) is 2. The second-order valence-electron chi connectivity index (χ2n) is 5.12. The number of aromatic amines is 1. The van der Waals surface area contributed by atoms with Crippen LogP contribution in [-0.2, 0) is 4.79 Å². The van der Waals surface area contributed by atoms with Crippen LogP contribution in [0.3, 0.4) is 0 Å². The van der Waals surface area contributed by atoms with Crippen molar-refractivity contribution in [1.29, 1.82) is 0 Å². The molecule has 0 saturated heterocycles. The van der Waals surface area contributed by atoms with Gasteiger partial charge < -0.3 is 5.32 Å². The number of fused-ring (bicyclic) bond motifs is 1. The Balaban J connectivity index is 2.09. The molecule has 22 heavy (non-hydrogen) atoms. The maximum Gasteiger partial charge on any atom is 0.247 e. The molecule has 0 unspecified atom stereocenters. The minimum Gasteiger partial charge on any atom is -0.323 e. The number of hydrogen-bond donors (Lipinski definition) is 2. The van der Waals surface area contributed by atoms with E-state index >= 15 is 0 Å². The van der Waals surface area contributed by atoms with Crippen LogP contribution in [0.1, 0.15) is 11.3 Å². The Bertz CT molecular complexity index is 879. The Morgan fingerprint density at radius 3 is 2.95 bits per heavy atom. The van der Waals surface area contributed by atoms with Crippen LogP contribution in [0.5, 0.6) is 0 Å². The molecule has 2 heterocycles. The Labute approximate surface area is 128 Å². The largest absolute Gasteiger partial charge is 0.323 e. The van der Waals surface area contributed by atoms with Gasteiger partial charge in [-0.1, -0.05) is 18.7 Å². The van der Waals surface area contributed by atoms with Gasteiger partial charge in [-0.25, -0.2) is 4.98 Å². The molecule has 0 saturated carbocycles. The van der Waals surface area contributed by atoms with E-state index in [0.717, 1.165) is 39.1 Å². The van der Waals surface area contributed by atoms with Gasteiger partial charge in [0.05, 0.1) is 0 Å². The van der Waals surface area contributed by atoms with Crippen LogP contribution in [0.25, 0.3) is 22.2 Å². The van der Waals surface area contributed by atoms with Crippen molar-refractivity contribution >= 4 is 22.6 Å². The quantitative estimate of drug-likeness (QED) is 0.727. The van der Waals surface area contributed by atoms with Crippen molar-refractivity contribution in [3.8, 4) is 11.1 Å².